The molecule has 2 rings (SSSR count). The van der Waals surface area contributed by atoms with Crippen LogP contribution in [-0.2, 0) is 4.79 Å². The van der Waals surface area contributed by atoms with Gasteiger partial charge in [-0.25, -0.2) is 0 Å². The lowest BCUT2D eigenvalue weighted by molar-refractivity contribution is -0.135. The molecule has 0 N–H and O–H groups in total. The van der Waals surface area contributed by atoms with Crippen molar-refractivity contribution in [2.75, 3.05) is 19.7 Å². The number of hydrogen-bond donors (Lipinski definition) is 0. The molecule has 1 atom stereocenters. The highest BCUT2D eigenvalue weighted by Gasteiger charge is 2.27. The summed E-state index contributed by atoms with van der Waals surface area (Å²) >= 11 is 0. The zero-order chi connectivity index (χ0) is 16.8. The van der Waals surface area contributed by atoms with Crippen LogP contribution in [-0.4, -0.2) is 30.5 Å². The fourth-order valence-corrected chi connectivity index (χ4v) is 2.84. The Kier molecular flexibility index (Phi) is 6.04. The van der Waals surface area contributed by atoms with E-state index in [9.17, 15) is 10.1 Å². The number of nitriles is 1. The number of carbonyl (C=O) groups excluding carboxylic acids is 1. The van der Waals surface area contributed by atoms with Gasteiger partial charge >= 0.3 is 0 Å². The van der Waals surface area contributed by atoms with E-state index in [1.807, 2.05) is 36.9 Å². The Hall–Kier alpha value is -2.02. The minimum atomic E-state index is -0.603. The molecule has 1 saturated heterocycles. The van der Waals surface area contributed by atoms with Crippen molar-refractivity contribution in [2.24, 2.45) is 11.8 Å². The third-order valence-corrected chi connectivity index (χ3v) is 4.56. The molecule has 0 aliphatic carbocycles. The van der Waals surface area contributed by atoms with Gasteiger partial charge in [0, 0.05) is 19.5 Å². The highest BCUT2D eigenvalue weighted by Crippen LogP contribution is 2.21. The molecular formula is C19H26N2O2. The summed E-state index contributed by atoms with van der Waals surface area (Å²) in [6.45, 7) is 8.16. The fraction of sp³-hybridized carbons (Fsp3) is 0.579. The monoisotopic (exact) mass is 314 g/mol. The van der Waals surface area contributed by atoms with Gasteiger partial charge in [-0.2, -0.15) is 5.26 Å². The summed E-state index contributed by atoms with van der Waals surface area (Å²) in [6, 6.07) is 8.21. The number of rotatable bonds is 5. The molecule has 1 aliphatic heterocycles. The number of aryl methyl sites for hydroxylation is 2. The van der Waals surface area contributed by atoms with E-state index in [0.717, 1.165) is 42.8 Å². The first-order valence-electron chi connectivity index (χ1n) is 8.39. The number of carbonyl (C=O) groups is 1. The Bertz CT molecular complexity index is 584. The number of likely N-dealkylation sites (tertiary alicyclic amines) is 1. The first-order valence-corrected chi connectivity index (χ1v) is 8.39. The molecule has 1 aromatic rings. The first kappa shape index (κ1) is 17.3. The Morgan fingerprint density at radius 3 is 2.74 bits per heavy atom. The van der Waals surface area contributed by atoms with Crippen LogP contribution < -0.4 is 4.74 Å². The summed E-state index contributed by atoms with van der Waals surface area (Å²) in [7, 11) is 0. The van der Waals surface area contributed by atoms with Crippen molar-refractivity contribution >= 4 is 5.91 Å². The topological polar surface area (TPSA) is 53.3 Å². The van der Waals surface area contributed by atoms with Gasteiger partial charge in [0.25, 0.3) is 0 Å². The second-order valence-electron chi connectivity index (χ2n) is 6.60. The van der Waals surface area contributed by atoms with Gasteiger partial charge < -0.3 is 9.64 Å². The quantitative estimate of drug-likeness (QED) is 0.836. The van der Waals surface area contributed by atoms with Crippen LogP contribution in [0.25, 0.3) is 0 Å². The van der Waals surface area contributed by atoms with Crippen LogP contribution in [0.15, 0.2) is 18.2 Å². The molecule has 23 heavy (non-hydrogen) atoms. The van der Waals surface area contributed by atoms with Gasteiger partial charge in [-0.3, -0.25) is 4.79 Å². The smallest absolute Gasteiger partial charge is 0.240 e. The number of ether oxygens (including phenoxy) is 1. The number of benzene rings is 1. The molecule has 1 aliphatic rings. The molecule has 1 aromatic carbocycles. The maximum Gasteiger partial charge on any atom is 0.240 e. The van der Waals surface area contributed by atoms with Crippen molar-refractivity contribution in [3.05, 3.63) is 29.3 Å². The Morgan fingerprint density at radius 2 is 2.09 bits per heavy atom. The largest absolute Gasteiger partial charge is 0.493 e. The first-order chi connectivity index (χ1) is 11.0. The zero-order valence-corrected chi connectivity index (χ0v) is 14.3. The van der Waals surface area contributed by atoms with Crippen LogP contribution in [0.4, 0.5) is 0 Å². The molecule has 0 radical (unpaired) electrons. The third-order valence-electron chi connectivity index (χ3n) is 4.56. The van der Waals surface area contributed by atoms with Crippen LogP contribution >= 0.6 is 0 Å². The van der Waals surface area contributed by atoms with E-state index in [-0.39, 0.29) is 5.91 Å². The number of amides is 1. The van der Waals surface area contributed by atoms with Crippen LogP contribution in [0, 0.1) is 37.0 Å². The molecule has 1 fully saturated rings. The second kappa shape index (κ2) is 8.01. The van der Waals surface area contributed by atoms with Gasteiger partial charge in [-0.15, -0.1) is 0 Å². The Morgan fingerprint density at radius 1 is 1.39 bits per heavy atom. The zero-order valence-electron chi connectivity index (χ0n) is 14.3. The van der Waals surface area contributed by atoms with Crippen LogP contribution in [0.1, 0.15) is 37.3 Å². The number of nitrogens with zero attached hydrogens (tertiary/aromatic N) is 2. The van der Waals surface area contributed by atoms with Crippen molar-refractivity contribution < 1.29 is 9.53 Å². The summed E-state index contributed by atoms with van der Waals surface area (Å²) in [4.78, 5) is 14.3. The third kappa shape index (κ3) is 4.72. The lowest BCUT2D eigenvalue weighted by atomic mass is 9.97. The summed E-state index contributed by atoms with van der Waals surface area (Å²) in [5, 5.41) is 9.32. The lowest BCUT2D eigenvalue weighted by Crippen LogP contribution is -2.41. The van der Waals surface area contributed by atoms with Crippen molar-refractivity contribution in [3.63, 3.8) is 0 Å². The summed E-state index contributed by atoms with van der Waals surface area (Å²) in [5.74, 6) is 0.866. The average molecular weight is 314 g/mol. The van der Waals surface area contributed by atoms with Gasteiger partial charge in [-0.1, -0.05) is 19.1 Å². The number of piperidine rings is 1. The Labute approximate surface area is 139 Å². The highest BCUT2D eigenvalue weighted by atomic mass is 16.5. The van der Waals surface area contributed by atoms with Gasteiger partial charge in [0.1, 0.15) is 11.7 Å². The SMILES string of the molecule is Cc1ccc(C)c(OCCC(C#N)C(=O)N2CCC(C)CC2)c1. The van der Waals surface area contributed by atoms with Crippen LogP contribution in [0.3, 0.4) is 0 Å². The normalized spacial score (nSPS) is 16.7. The minimum Gasteiger partial charge on any atom is -0.493 e. The molecule has 4 heteroatoms. The van der Waals surface area contributed by atoms with Crippen molar-refractivity contribution in [2.45, 2.75) is 40.0 Å². The van der Waals surface area contributed by atoms with Crippen molar-refractivity contribution in [1.29, 1.82) is 5.26 Å². The van der Waals surface area contributed by atoms with E-state index in [2.05, 4.69) is 13.0 Å². The molecule has 1 amide bonds. The van der Waals surface area contributed by atoms with E-state index in [1.54, 1.807) is 0 Å². The highest BCUT2D eigenvalue weighted by molar-refractivity contribution is 5.81. The number of hydrogen-bond acceptors (Lipinski definition) is 3. The van der Waals surface area contributed by atoms with E-state index in [0.29, 0.717) is 18.9 Å². The summed E-state index contributed by atoms with van der Waals surface area (Å²) < 4.78 is 5.78. The van der Waals surface area contributed by atoms with E-state index < -0.39 is 5.92 Å². The molecule has 124 valence electrons. The molecular weight excluding hydrogens is 288 g/mol. The molecule has 0 aromatic heterocycles. The van der Waals surface area contributed by atoms with Crippen molar-refractivity contribution in [1.82, 2.24) is 4.90 Å². The van der Waals surface area contributed by atoms with E-state index in [1.165, 1.54) is 0 Å². The predicted molar refractivity (Wildman–Crippen MR) is 90.1 cm³/mol. The maximum absolute atomic E-state index is 12.4. The van der Waals surface area contributed by atoms with Gasteiger partial charge in [0.15, 0.2) is 0 Å². The van der Waals surface area contributed by atoms with Crippen LogP contribution in [0.5, 0.6) is 5.75 Å². The Balaban J connectivity index is 1.86. The van der Waals surface area contributed by atoms with E-state index >= 15 is 0 Å². The minimum absolute atomic E-state index is 0.0380. The molecule has 1 heterocycles. The summed E-state index contributed by atoms with van der Waals surface area (Å²) in [5.41, 5.74) is 2.21. The van der Waals surface area contributed by atoms with Gasteiger partial charge in [0.05, 0.1) is 12.7 Å². The average Bonchev–Trinajstić information content (AvgIpc) is 2.55. The van der Waals surface area contributed by atoms with Gasteiger partial charge in [0.2, 0.25) is 5.91 Å². The molecule has 1 unspecified atom stereocenters. The second-order valence-corrected chi connectivity index (χ2v) is 6.60. The predicted octanol–water partition coefficient (Wildman–Crippen LogP) is 3.47. The van der Waals surface area contributed by atoms with Gasteiger partial charge in [-0.05, 0) is 49.8 Å². The molecule has 0 spiro atoms. The maximum atomic E-state index is 12.4. The lowest BCUT2D eigenvalue weighted by Gasteiger charge is -2.31. The fourth-order valence-electron chi connectivity index (χ4n) is 2.84. The summed E-state index contributed by atoms with van der Waals surface area (Å²) in [6.07, 6.45) is 2.50. The van der Waals surface area contributed by atoms with E-state index in [4.69, 9.17) is 4.74 Å². The standard InChI is InChI=1S/C19H26N2O2/c1-14-6-9-21(10-7-14)19(22)17(13-20)8-11-23-18-12-15(2)4-5-16(18)3/h4-5,12,14,17H,6-11H2,1-3H3. The van der Waals surface area contributed by atoms with Crippen LogP contribution in [0.2, 0.25) is 0 Å². The molecule has 4 nitrogen and oxygen atoms in total. The molecule has 0 bridgehead atoms. The molecule has 0 saturated carbocycles. The van der Waals surface area contributed by atoms with Crippen molar-refractivity contribution in [3.8, 4) is 11.8 Å².